The fourth-order valence-corrected chi connectivity index (χ4v) is 3.35. The van der Waals surface area contributed by atoms with E-state index in [4.69, 9.17) is 0 Å². The Hall–Kier alpha value is -2.97. The molecule has 0 bridgehead atoms. The van der Waals surface area contributed by atoms with Crippen LogP contribution >= 0.6 is 0 Å². The maximum absolute atomic E-state index is 12.7. The van der Waals surface area contributed by atoms with Crippen molar-refractivity contribution in [3.05, 3.63) is 41.2 Å². The zero-order chi connectivity index (χ0) is 17.7. The molecule has 5 rings (SSSR count). The van der Waals surface area contributed by atoms with Gasteiger partial charge in [0.05, 0.1) is 6.04 Å². The molecule has 0 aromatic carbocycles. The van der Waals surface area contributed by atoms with E-state index < -0.39 is 0 Å². The van der Waals surface area contributed by atoms with E-state index in [0.717, 1.165) is 31.1 Å². The largest absolute Gasteiger partial charge is 0.351 e. The molecule has 4 heterocycles. The lowest BCUT2D eigenvalue weighted by Crippen LogP contribution is -2.60. The van der Waals surface area contributed by atoms with Gasteiger partial charge in [0.1, 0.15) is 12.1 Å². The van der Waals surface area contributed by atoms with Crippen molar-refractivity contribution in [2.24, 2.45) is 5.92 Å². The Morgan fingerprint density at radius 2 is 2.12 bits per heavy atom. The van der Waals surface area contributed by atoms with Gasteiger partial charge in [0.25, 0.3) is 5.56 Å². The predicted molar refractivity (Wildman–Crippen MR) is 96.4 cm³/mol. The highest BCUT2D eigenvalue weighted by molar-refractivity contribution is 5.50. The fraction of sp³-hybridized carbons (Fsp3) is 0.471. The number of likely N-dealkylation sites (N-methyl/N-ethyl adjacent to an activating group) is 1. The molecule has 2 aliphatic rings. The molecular formula is C17H20N8O. The first kappa shape index (κ1) is 15.3. The molecule has 9 nitrogen and oxygen atoms in total. The third kappa shape index (κ3) is 2.59. The van der Waals surface area contributed by atoms with Crippen LogP contribution in [0.25, 0.3) is 5.65 Å². The van der Waals surface area contributed by atoms with Crippen molar-refractivity contribution in [3.63, 3.8) is 0 Å². The highest BCUT2D eigenvalue weighted by Gasteiger charge is 2.33. The van der Waals surface area contributed by atoms with Crippen LogP contribution in [0.2, 0.25) is 0 Å². The zero-order valence-electron chi connectivity index (χ0n) is 14.6. The standard InChI is InChI=1S/C17H20N8O/c1-22(16-17(26)23(7-6-18-16)8-12-2-3-12)13-9-24(10-13)15-5-4-14-20-19-11-25(14)21-15/h4-7,11-13H,2-3,8-10H2,1H3. The fourth-order valence-electron chi connectivity index (χ4n) is 3.35. The first-order valence-corrected chi connectivity index (χ1v) is 8.89. The SMILES string of the molecule is CN(c1nccn(CC2CC2)c1=O)C1CN(c2ccc3nncn3n2)C1. The van der Waals surface area contributed by atoms with Crippen LogP contribution in [0.4, 0.5) is 11.6 Å². The third-order valence-electron chi connectivity index (χ3n) is 5.26. The average Bonchev–Trinajstić information content (AvgIpc) is 3.29. The van der Waals surface area contributed by atoms with Gasteiger partial charge in [0.2, 0.25) is 0 Å². The Morgan fingerprint density at radius 3 is 2.92 bits per heavy atom. The van der Waals surface area contributed by atoms with Crippen LogP contribution in [-0.2, 0) is 6.54 Å². The van der Waals surface area contributed by atoms with Gasteiger partial charge in [-0.1, -0.05) is 0 Å². The Bertz CT molecular complexity index is 1000. The molecule has 2 fully saturated rings. The van der Waals surface area contributed by atoms with Gasteiger partial charge in [-0.3, -0.25) is 4.79 Å². The van der Waals surface area contributed by atoms with Crippen LogP contribution in [0.3, 0.4) is 0 Å². The van der Waals surface area contributed by atoms with Crippen molar-refractivity contribution >= 4 is 17.3 Å². The molecule has 1 saturated heterocycles. The molecule has 0 spiro atoms. The first-order chi connectivity index (χ1) is 12.7. The van der Waals surface area contributed by atoms with E-state index in [9.17, 15) is 4.79 Å². The highest BCUT2D eigenvalue weighted by Crippen LogP contribution is 2.30. The second-order valence-electron chi connectivity index (χ2n) is 7.15. The zero-order valence-corrected chi connectivity index (χ0v) is 14.6. The van der Waals surface area contributed by atoms with Crippen molar-refractivity contribution in [3.8, 4) is 0 Å². The van der Waals surface area contributed by atoms with Gasteiger partial charge in [-0.25, -0.2) is 4.98 Å². The predicted octanol–water partition coefficient (Wildman–Crippen LogP) is 0.416. The summed E-state index contributed by atoms with van der Waals surface area (Å²) in [7, 11) is 1.95. The van der Waals surface area contributed by atoms with Crippen LogP contribution in [0.15, 0.2) is 35.6 Å². The van der Waals surface area contributed by atoms with E-state index in [1.54, 1.807) is 27.8 Å². The lowest BCUT2D eigenvalue weighted by molar-refractivity contribution is 0.483. The molecule has 0 radical (unpaired) electrons. The summed E-state index contributed by atoms with van der Waals surface area (Å²) in [6, 6.07) is 4.09. The normalized spacial score (nSPS) is 17.5. The maximum atomic E-state index is 12.7. The number of aromatic nitrogens is 6. The van der Waals surface area contributed by atoms with Gasteiger partial charge in [0, 0.05) is 39.1 Å². The van der Waals surface area contributed by atoms with Crippen LogP contribution in [-0.4, -0.2) is 55.5 Å². The van der Waals surface area contributed by atoms with Crippen molar-refractivity contribution < 1.29 is 0 Å². The lowest BCUT2D eigenvalue weighted by Gasteiger charge is -2.44. The van der Waals surface area contributed by atoms with Crippen molar-refractivity contribution in [1.29, 1.82) is 0 Å². The summed E-state index contributed by atoms with van der Waals surface area (Å²) < 4.78 is 3.47. The average molecular weight is 352 g/mol. The molecule has 0 atom stereocenters. The summed E-state index contributed by atoms with van der Waals surface area (Å²) in [5, 5.41) is 12.3. The van der Waals surface area contributed by atoms with Gasteiger partial charge >= 0.3 is 0 Å². The minimum Gasteiger partial charge on any atom is -0.351 e. The number of anilines is 2. The summed E-state index contributed by atoms with van der Waals surface area (Å²) in [6.45, 7) is 2.41. The Labute approximate surface area is 149 Å². The summed E-state index contributed by atoms with van der Waals surface area (Å²) in [6.07, 6.45) is 7.57. The monoisotopic (exact) mass is 352 g/mol. The number of hydrogen-bond acceptors (Lipinski definition) is 7. The van der Waals surface area contributed by atoms with Gasteiger partial charge in [0.15, 0.2) is 11.5 Å². The Balaban J connectivity index is 1.30. The maximum Gasteiger partial charge on any atom is 0.293 e. The van der Waals surface area contributed by atoms with Crippen molar-refractivity contribution in [1.82, 2.24) is 29.4 Å². The molecule has 1 aliphatic carbocycles. The van der Waals surface area contributed by atoms with Gasteiger partial charge in [-0.05, 0) is 30.9 Å². The Morgan fingerprint density at radius 1 is 1.27 bits per heavy atom. The summed E-state index contributed by atoms with van der Waals surface area (Å²) in [5.41, 5.74) is 0.733. The molecule has 1 saturated carbocycles. The molecular weight excluding hydrogens is 332 g/mol. The number of hydrogen-bond donors (Lipinski definition) is 0. The number of nitrogens with zero attached hydrogens (tertiary/aromatic N) is 8. The summed E-state index contributed by atoms with van der Waals surface area (Å²) >= 11 is 0. The van der Waals surface area contributed by atoms with Crippen molar-refractivity contribution in [2.45, 2.75) is 25.4 Å². The molecule has 0 unspecified atom stereocenters. The second-order valence-corrected chi connectivity index (χ2v) is 7.15. The van der Waals surface area contributed by atoms with E-state index in [0.29, 0.717) is 11.7 Å². The molecule has 3 aromatic rings. The van der Waals surface area contributed by atoms with E-state index in [1.807, 2.05) is 24.1 Å². The number of fused-ring (bicyclic) bond motifs is 1. The highest BCUT2D eigenvalue weighted by atomic mass is 16.1. The van der Waals surface area contributed by atoms with Crippen LogP contribution in [0.1, 0.15) is 12.8 Å². The van der Waals surface area contributed by atoms with Crippen LogP contribution in [0.5, 0.6) is 0 Å². The van der Waals surface area contributed by atoms with E-state index in [2.05, 4.69) is 25.2 Å². The molecule has 9 heteroatoms. The molecule has 134 valence electrons. The second kappa shape index (κ2) is 5.79. The molecule has 1 aliphatic heterocycles. The molecule has 26 heavy (non-hydrogen) atoms. The molecule has 3 aromatic heterocycles. The van der Waals surface area contributed by atoms with Crippen LogP contribution < -0.4 is 15.4 Å². The molecule has 0 N–H and O–H groups in total. The van der Waals surface area contributed by atoms with Gasteiger partial charge < -0.3 is 14.4 Å². The van der Waals surface area contributed by atoms with Gasteiger partial charge in [-0.15, -0.1) is 15.3 Å². The van der Waals surface area contributed by atoms with Crippen LogP contribution in [0, 0.1) is 5.92 Å². The lowest BCUT2D eigenvalue weighted by atomic mass is 10.1. The molecule has 0 amide bonds. The quantitative estimate of drug-likeness (QED) is 0.658. The minimum absolute atomic E-state index is 0.00406. The minimum atomic E-state index is 0.00406. The third-order valence-corrected chi connectivity index (χ3v) is 5.26. The van der Waals surface area contributed by atoms with E-state index >= 15 is 0 Å². The Kier molecular flexibility index (Phi) is 3.41. The summed E-state index contributed by atoms with van der Waals surface area (Å²) in [4.78, 5) is 21.2. The van der Waals surface area contributed by atoms with E-state index in [1.165, 1.54) is 12.8 Å². The van der Waals surface area contributed by atoms with E-state index in [-0.39, 0.29) is 11.6 Å². The smallest absolute Gasteiger partial charge is 0.293 e. The van der Waals surface area contributed by atoms with Gasteiger partial charge in [-0.2, -0.15) is 4.52 Å². The first-order valence-electron chi connectivity index (χ1n) is 8.89. The number of rotatable bonds is 5. The van der Waals surface area contributed by atoms with Crippen molar-refractivity contribution in [2.75, 3.05) is 29.9 Å². The summed E-state index contributed by atoms with van der Waals surface area (Å²) in [5.74, 6) is 2.07. The topological polar surface area (TPSA) is 84.5 Å².